The van der Waals surface area contributed by atoms with Crippen LogP contribution in [0.2, 0.25) is 5.02 Å². The van der Waals surface area contributed by atoms with Gasteiger partial charge >= 0.3 is 0 Å². The van der Waals surface area contributed by atoms with Crippen molar-refractivity contribution in [3.8, 4) is 0 Å². The average Bonchev–Trinajstić information content (AvgIpc) is 2.94. The minimum Gasteiger partial charge on any atom is -0.352 e. The fraction of sp³-hybridized carbons (Fsp3) is 0.222. The number of anilines is 1. The molecule has 2 aromatic rings. The number of carbonyl (C=O) groups is 2. The Balaban J connectivity index is 1.58. The van der Waals surface area contributed by atoms with Crippen molar-refractivity contribution in [2.45, 2.75) is 6.42 Å². The Labute approximate surface area is 144 Å². The Morgan fingerprint density at radius 3 is 2.71 bits per heavy atom. The molecule has 1 heterocycles. The minimum absolute atomic E-state index is 0.0160. The molecule has 24 heavy (non-hydrogen) atoms. The molecular weight excluding hydrogens is 331 g/mol. The van der Waals surface area contributed by atoms with E-state index in [2.05, 4.69) is 5.32 Å². The van der Waals surface area contributed by atoms with E-state index in [1.807, 2.05) is 0 Å². The first-order valence-electron chi connectivity index (χ1n) is 7.62. The second-order valence-corrected chi connectivity index (χ2v) is 6.21. The Kier molecular flexibility index (Phi) is 4.81. The summed E-state index contributed by atoms with van der Waals surface area (Å²) in [5, 5.41) is 3.38. The molecule has 2 aromatic carbocycles. The van der Waals surface area contributed by atoms with E-state index in [1.165, 1.54) is 18.2 Å². The third-order valence-corrected chi connectivity index (χ3v) is 4.23. The summed E-state index contributed by atoms with van der Waals surface area (Å²) in [5.41, 5.74) is 1.07. The molecule has 1 N–H and O–H groups in total. The van der Waals surface area contributed by atoms with Gasteiger partial charge in [0.25, 0.3) is 5.91 Å². The summed E-state index contributed by atoms with van der Waals surface area (Å²) in [7, 11) is 0. The number of rotatable bonds is 4. The second-order valence-electron chi connectivity index (χ2n) is 5.77. The quantitative estimate of drug-likeness (QED) is 0.923. The minimum atomic E-state index is -0.451. The summed E-state index contributed by atoms with van der Waals surface area (Å²) in [4.78, 5) is 25.9. The Bertz CT molecular complexity index is 764. The van der Waals surface area contributed by atoms with E-state index >= 15 is 0 Å². The van der Waals surface area contributed by atoms with Crippen LogP contribution in [0.4, 0.5) is 10.1 Å². The molecule has 1 atom stereocenters. The van der Waals surface area contributed by atoms with Crippen LogP contribution in [0.15, 0.2) is 48.5 Å². The molecule has 1 unspecified atom stereocenters. The molecular formula is C18H16ClFN2O2. The van der Waals surface area contributed by atoms with Crippen molar-refractivity contribution < 1.29 is 14.0 Å². The van der Waals surface area contributed by atoms with Crippen LogP contribution in [0, 0.1) is 11.7 Å². The van der Waals surface area contributed by atoms with Crippen LogP contribution in [0.5, 0.6) is 0 Å². The fourth-order valence-electron chi connectivity index (χ4n) is 2.76. The summed E-state index contributed by atoms with van der Waals surface area (Å²) >= 11 is 5.86. The topological polar surface area (TPSA) is 49.4 Å². The van der Waals surface area contributed by atoms with Crippen molar-refractivity contribution in [1.82, 2.24) is 5.32 Å². The lowest BCUT2D eigenvalue weighted by Gasteiger charge is -2.17. The maximum atomic E-state index is 13.1. The van der Waals surface area contributed by atoms with Gasteiger partial charge in [0.1, 0.15) is 5.82 Å². The SMILES string of the molecule is O=C(NCC1CC(=O)N(c2ccc(Cl)cc2)C1)c1cccc(F)c1. The summed E-state index contributed by atoms with van der Waals surface area (Å²) < 4.78 is 13.1. The molecule has 1 saturated heterocycles. The van der Waals surface area contributed by atoms with Crippen LogP contribution in [0.3, 0.4) is 0 Å². The summed E-state index contributed by atoms with van der Waals surface area (Å²) in [6, 6.07) is 12.6. The smallest absolute Gasteiger partial charge is 0.251 e. The monoisotopic (exact) mass is 346 g/mol. The standard InChI is InChI=1S/C18H16ClFN2O2/c19-14-4-6-16(7-5-14)22-11-12(8-17(22)23)10-21-18(24)13-2-1-3-15(20)9-13/h1-7,9,12H,8,10-11H2,(H,21,24). The van der Waals surface area contributed by atoms with Gasteiger partial charge in [-0.15, -0.1) is 0 Å². The predicted octanol–water partition coefficient (Wildman–Crippen LogP) is 3.26. The van der Waals surface area contributed by atoms with Gasteiger partial charge in [-0.1, -0.05) is 17.7 Å². The number of benzene rings is 2. The maximum absolute atomic E-state index is 13.1. The highest BCUT2D eigenvalue weighted by Crippen LogP contribution is 2.26. The van der Waals surface area contributed by atoms with E-state index < -0.39 is 5.82 Å². The van der Waals surface area contributed by atoms with Gasteiger partial charge in [0, 0.05) is 41.7 Å². The molecule has 124 valence electrons. The number of nitrogens with zero attached hydrogens (tertiary/aromatic N) is 1. The third-order valence-electron chi connectivity index (χ3n) is 3.98. The van der Waals surface area contributed by atoms with Gasteiger partial charge in [-0.25, -0.2) is 4.39 Å². The second kappa shape index (κ2) is 7.01. The highest BCUT2D eigenvalue weighted by molar-refractivity contribution is 6.30. The van der Waals surface area contributed by atoms with E-state index in [4.69, 9.17) is 11.6 Å². The molecule has 1 aliphatic heterocycles. The average molecular weight is 347 g/mol. The van der Waals surface area contributed by atoms with E-state index in [9.17, 15) is 14.0 Å². The number of hydrogen-bond acceptors (Lipinski definition) is 2. The van der Waals surface area contributed by atoms with Crippen LogP contribution in [-0.4, -0.2) is 24.9 Å². The summed E-state index contributed by atoms with van der Waals surface area (Å²) in [6.07, 6.45) is 0.367. The summed E-state index contributed by atoms with van der Waals surface area (Å²) in [6.45, 7) is 0.898. The summed E-state index contributed by atoms with van der Waals surface area (Å²) in [5.74, 6) is -0.757. The van der Waals surface area contributed by atoms with Gasteiger partial charge in [0.15, 0.2) is 0 Å². The number of hydrogen-bond donors (Lipinski definition) is 1. The van der Waals surface area contributed by atoms with Crippen LogP contribution >= 0.6 is 11.6 Å². The number of amides is 2. The van der Waals surface area contributed by atoms with Gasteiger partial charge in [0.05, 0.1) is 0 Å². The lowest BCUT2D eigenvalue weighted by Crippen LogP contribution is -2.31. The largest absolute Gasteiger partial charge is 0.352 e. The Hall–Kier alpha value is -2.40. The first-order valence-corrected chi connectivity index (χ1v) is 8.00. The van der Waals surface area contributed by atoms with Gasteiger partial charge in [-0.2, -0.15) is 0 Å². The first kappa shape index (κ1) is 16.5. The first-order chi connectivity index (χ1) is 11.5. The molecule has 0 bridgehead atoms. The zero-order chi connectivity index (χ0) is 17.1. The lowest BCUT2D eigenvalue weighted by atomic mass is 10.1. The number of nitrogens with one attached hydrogen (secondary N) is 1. The van der Waals surface area contributed by atoms with Crippen LogP contribution < -0.4 is 10.2 Å². The van der Waals surface area contributed by atoms with Gasteiger partial charge in [-0.3, -0.25) is 9.59 Å². The Morgan fingerprint density at radius 2 is 2.00 bits per heavy atom. The van der Waals surface area contributed by atoms with Crippen molar-refractivity contribution in [2.75, 3.05) is 18.0 Å². The van der Waals surface area contributed by atoms with Crippen molar-refractivity contribution in [3.63, 3.8) is 0 Å². The highest BCUT2D eigenvalue weighted by Gasteiger charge is 2.30. The van der Waals surface area contributed by atoms with Crippen molar-refractivity contribution >= 4 is 29.1 Å². The number of halogens is 2. The molecule has 1 fully saturated rings. The van der Waals surface area contributed by atoms with Gasteiger partial charge in [-0.05, 0) is 42.5 Å². The maximum Gasteiger partial charge on any atom is 0.251 e. The molecule has 0 saturated carbocycles. The molecule has 3 rings (SSSR count). The fourth-order valence-corrected chi connectivity index (χ4v) is 2.88. The number of carbonyl (C=O) groups excluding carboxylic acids is 2. The van der Waals surface area contributed by atoms with Gasteiger partial charge < -0.3 is 10.2 Å². The Morgan fingerprint density at radius 1 is 1.25 bits per heavy atom. The van der Waals surface area contributed by atoms with Gasteiger partial charge in [0.2, 0.25) is 5.91 Å². The molecule has 2 amide bonds. The predicted molar refractivity (Wildman–Crippen MR) is 90.6 cm³/mol. The highest BCUT2D eigenvalue weighted by atomic mass is 35.5. The van der Waals surface area contributed by atoms with Crippen molar-refractivity contribution in [1.29, 1.82) is 0 Å². The van der Waals surface area contributed by atoms with Crippen LogP contribution in [0.1, 0.15) is 16.8 Å². The van der Waals surface area contributed by atoms with E-state index in [-0.39, 0.29) is 23.3 Å². The lowest BCUT2D eigenvalue weighted by molar-refractivity contribution is -0.117. The van der Waals surface area contributed by atoms with Crippen LogP contribution in [0.25, 0.3) is 0 Å². The molecule has 0 spiro atoms. The molecule has 4 nitrogen and oxygen atoms in total. The molecule has 1 aliphatic rings. The normalized spacial score (nSPS) is 17.2. The van der Waals surface area contributed by atoms with E-state index in [0.29, 0.717) is 24.5 Å². The molecule has 0 aromatic heterocycles. The van der Waals surface area contributed by atoms with E-state index in [1.54, 1.807) is 35.2 Å². The molecule has 0 aliphatic carbocycles. The molecule has 0 radical (unpaired) electrons. The van der Waals surface area contributed by atoms with Crippen molar-refractivity contribution in [2.24, 2.45) is 5.92 Å². The van der Waals surface area contributed by atoms with Crippen molar-refractivity contribution in [3.05, 3.63) is 64.9 Å². The third kappa shape index (κ3) is 3.74. The van der Waals surface area contributed by atoms with Crippen LogP contribution in [-0.2, 0) is 4.79 Å². The van der Waals surface area contributed by atoms with E-state index in [0.717, 1.165) is 5.69 Å². The molecule has 6 heteroatoms. The zero-order valence-corrected chi connectivity index (χ0v) is 13.6. The zero-order valence-electron chi connectivity index (χ0n) is 12.8.